The Kier molecular flexibility index (Phi) is 3.90. The maximum absolute atomic E-state index is 12.1. The molecule has 1 rings (SSSR count). The molecule has 0 atom stereocenters. The molecule has 0 aliphatic heterocycles. The lowest BCUT2D eigenvalue weighted by molar-refractivity contribution is 0.0979. The second-order valence-corrected chi connectivity index (χ2v) is 7.20. The van der Waals surface area contributed by atoms with Crippen LogP contribution in [-0.2, 0) is 22.5 Å². The van der Waals surface area contributed by atoms with Gasteiger partial charge in [0.25, 0.3) is 11.5 Å². The summed E-state index contributed by atoms with van der Waals surface area (Å²) >= 11 is 0. The van der Waals surface area contributed by atoms with Crippen molar-refractivity contribution < 1.29 is 13.2 Å². The molecule has 1 aromatic rings. The summed E-state index contributed by atoms with van der Waals surface area (Å²) in [6.07, 6.45) is 0.860. The predicted molar refractivity (Wildman–Crippen MR) is 72.7 cm³/mol. The van der Waals surface area contributed by atoms with Crippen molar-refractivity contribution in [2.75, 3.05) is 6.26 Å². The van der Waals surface area contributed by atoms with Crippen molar-refractivity contribution in [3.8, 4) is 0 Å². The number of sulfonamides is 1. The van der Waals surface area contributed by atoms with E-state index >= 15 is 0 Å². The molecule has 0 aliphatic carbocycles. The molecule has 0 bridgehead atoms. The second-order valence-electron chi connectivity index (χ2n) is 5.45. The molecule has 0 fully saturated rings. The van der Waals surface area contributed by atoms with Crippen LogP contribution in [0.25, 0.3) is 0 Å². The highest BCUT2D eigenvalue weighted by Crippen LogP contribution is 2.20. The number of rotatable bonds is 2. The van der Waals surface area contributed by atoms with Crippen molar-refractivity contribution in [3.63, 3.8) is 0 Å². The number of carbonyl (C=O) groups is 1. The molecule has 1 aromatic heterocycles. The maximum atomic E-state index is 12.1. The van der Waals surface area contributed by atoms with Crippen LogP contribution in [-0.4, -0.2) is 25.1 Å². The van der Waals surface area contributed by atoms with Gasteiger partial charge in [0.05, 0.1) is 6.26 Å². The lowest BCUT2D eigenvalue weighted by Gasteiger charge is -2.22. The van der Waals surface area contributed by atoms with Crippen LogP contribution in [0.4, 0.5) is 0 Å². The summed E-state index contributed by atoms with van der Waals surface area (Å²) < 4.78 is 25.1. The fourth-order valence-electron chi connectivity index (χ4n) is 1.78. The van der Waals surface area contributed by atoms with Gasteiger partial charge in [0, 0.05) is 18.2 Å². The molecule has 0 aliphatic rings. The van der Waals surface area contributed by atoms with Crippen LogP contribution in [0.3, 0.4) is 0 Å². The minimum atomic E-state index is -3.69. The highest BCUT2D eigenvalue weighted by molar-refractivity contribution is 7.89. The number of amides is 1. The summed E-state index contributed by atoms with van der Waals surface area (Å²) in [5, 5.41) is 0. The van der Waals surface area contributed by atoms with Crippen molar-refractivity contribution in [1.29, 1.82) is 0 Å². The standard InChI is InChI=1S/C12H18N2O4S/c1-12(2,3)9-7-6-8(11(16)14(9)4)10(15)13-19(5,17)18/h6-7H,1-5H3,(H,13,15). The van der Waals surface area contributed by atoms with Crippen molar-refractivity contribution in [1.82, 2.24) is 9.29 Å². The van der Waals surface area contributed by atoms with E-state index in [0.29, 0.717) is 0 Å². The van der Waals surface area contributed by atoms with Gasteiger partial charge in [-0.05, 0) is 12.1 Å². The van der Waals surface area contributed by atoms with Crippen molar-refractivity contribution >= 4 is 15.9 Å². The third-order valence-corrected chi connectivity index (χ3v) is 3.15. The molecule has 7 heteroatoms. The van der Waals surface area contributed by atoms with Gasteiger partial charge in [0.15, 0.2) is 0 Å². The summed E-state index contributed by atoms with van der Waals surface area (Å²) in [6.45, 7) is 5.83. The SMILES string of the molecule is Cn1c(C(C)(C)C)ccc(C(=O)NS(C)(=O)=O)c1=O. The first-order valence-corrected chi connectivity index (χ1v) is 7.55. The van der Waals surface area contributed by atoms with E-state index < -0.39 is 21.5 Å². The Hall–Kier alpha value is -1.63. The molecule has 0 spiro atoms. The molecular weight excluding hydrogens is 268 g/mol. The Balaban J connectivity index is 3.33. The Bertz CT molecular complexity index is 666. The summed E-state index contributed by atoms with van der Waals surface area (Å²) in [5.41, 5.74) is -0.206. The summed E-state index contributed by atoms with van der Waals surface area (Å²) in [5.74, 6) is -0.913. The quantitative estimate of drug-likeness (QED) is 0.851. The van der Waals surface area contributed by atoms with Crippen LogP contribution in [0, 0.1) is 0 Å². The number of carbonyl (C=O) groups excluding carboxylic acids is 1. The Labute approximate surface area is 112 Å². The first-order valence-electron chi connectivity index (χ1n) is 5.66. The van der Waals surface area contributed by atoms with Crippen LogP contribution in [0.15, 0.2) is 16.9 Å². The van der Waals surface area contributed by atoms with Gasteiger partial charge in [-0.2, -0.15) is 0 Å². The van der Waals surface area contributed by atoms with Gasteiger partial charge in [-0.15, -0.1) is 0 Å². The number of hydrogen-bond acceptors (Lipinski definition) is 4. The van der Waals surface area contributed by atoms with Gasteiger partial charge in [0.1, 0.15) is 5.56 Å². The van der Waals surface area contributed by atoms with Gasteiger partial charge >= 0.3 is 0 Å². The number of aromatic nitrogens is 1. The topological polar surface area (TPSA) is 85.2 Å². The number of nitrogens with one attached hydrogen (secondary N) is 1. The number of pyridine rings is 1. The molecule has 0 unspecified atom stereocenters. The van der Waals surface area contributed by atoms with Gasteiger partial charge < -0.3 is 4.57 Å². The van der Waals surface area contributed by atoms with E-state index in [-0.39, 0.29) is 11.0 Å². The first-order chi connectivity index (χ1) is 8.43. The lowest BCUT2D eigenvalue weighted by atomic mass is 9.91. The molecule has 1 heterocycles. The van der Waals surface area contributed by atoms with E-state index in [4.69, 9.17) is 0 Å². The normalized spacial score (nSPS) is 12.3. The molecular formula is C12H18N2O4S. The minimum Gasteiger partial charge on any atom is -0.315 e. The van der Waals surface area contributed by atoms with Gasteiger partial charge in [-0.1, -0.05) is 20.8 Å². The monoisotopic (exact) mass is 286 g/mol. The van der Waals surface area contributed by atoms with Crippen LogP contribution < -0.4 is 10.3 Å². The molecule has 106 valence electrons. The van der Waals surface area contributed by atoms with Crippen LogP contribution in [0.2, 0.25) is 0 Å². The van der Waals surface area contributed by atoms with E-state index in [2.05, 4.69) is 0 Å². The zero-order valence-corrected chi connectivity index (χ0v) is 12.5. The molecule has 0 radical (unpaired) electrons. The van der Waals surface area contributed by atoms with Crippen LogP contribution in [0.1, 0.15) is 36.8 Å². The Morgan fingerprint density at radius 1 is 1.26 bits per heavy atom. The molecule has 0 aromatic carbocycles. The summed E-state index contributed by atoms with van der Waals surface area (Å²) in [4.78, 5) is 23.8. The van der Waals surface area contributed by atoms with Gasteiger partial charge in [-0.25, -0.2) is 13.1 Å². The minimum absolute atomic E-state index is 0.194. The summed E-state index contributed by atoms with van der Waals surface area (Å²) in [7, 11) is -2.13. The number of nitrogens with zero attached hydrogens (tertiary/aromatic N) is 1. The third-order valence-electron chi connectivity index (χ3n) is 2.60. The average molecular weight is 286 g/mol. The van der Waals surface area contributed by atoms with E-state index in [0.717, 1.165) is 11.9 Å². The fourth-order valence-corrected chi connectivity index (χ4v) is 2.23. The zero-order valence-electron chi connectivity index (χ0n) is 11.6. The smallest absolute Gasteiger partial charge is 0.270 e. The molecule has 19 heavy (non-hydrogen) atoms. The van der Waals surface area contributed by atoms with E-state index in [1.54, 1.807) is 17.8 Å². The molecule has 0 saturated heterocycles. The highest BCUT2D eigenvalue weighted by atomic mass is 32.2. The molecule has 1 amide bonds. The fraction of sp³-hybridized carbons (Fsp3) is 0.500. The van der Waals surface area contributed by atoms with Crippen molar-refractivity contribution in [2.24, 2.45) is 7.05 Å². The van der Waals surface area contributed by atoms with Gasteiger partial charge in [0.2, 0.25) is 10.0 Å². The highest BCUT2D eigenvalue weighted by Gasteiger charge is 2.21. The lowest BCUT2D eigenvalue weighted by Crippen LogP contribution is -2.37. The largest absolute Gasteiger partial charge is 0.315 e. The van der Waals surface area contributed by atoms with Crippen LogP contribution in [0.5, 0.6) is 0 Å². The van der Waals surface area contributed by atoms with Crippen LogP contribution >= 0.6 is 0 Å². The van der Waals surface area contributed by atoms with Crippen molar-refractivity contribution in [2.45, 2.75) is 26.2 Å². The average Bonchev–Trinajstić information content (AvgIpc) is 2.17. The zero-order chi connectivity index (χ0) is 15.0. The predicted octanol–water partition coefficient (Wildman–Crippen LogP) is 0.372. The van der Waals surface area contributed by atoms with Crippen molar-refractivity contribution in [3.05, 3.63) is 33.7 Å². The number of hydrogen-bond donors (Lipinski definition) is 1. The molecule has 1 N–H and O–H groups in total. The molecule has 6 nitrogen and oxygen atoms in total. The van der Waals surface area contributed by atoms with E-state index in [9.17, 15) is 18.0 Å². The maximum Gasteiger partial charge on any atom is 0.270 e. The molecule has 0 saturated carbocycles. The summed E-state index contributed by atoms with van der Waals surface area (Å²) in [6, 6.07) is 3.00. The van der Waals surface area contributed by atoms with Gasteiger partial charge in [-0.3, -0.25) is 9.59 Å². The second kappa shape index (κ2) is 4.80. The Morgan fingerprint density at radius 3 is 2.21 bits per heavy atom. The Morgan fingerprint density at radius 2 is 1.79 bits per heavy atom. The van der Waals surface area contributed by atoms with E-state index in [1.165, 1.54) is 10.6 Å². The first kappa shape index (κ1) is 15.4. The third kappa shape index (κ3) is 3.66. The van der Waals surface area contributed by atoms with E-state index in [1.807, 2.05) is 20.8 Å².